The van der Waals surface area contributed by atoms with Crippen molar-refractivity contribution in [3.05, 3.63) is 68.9 Å². The molecule has 0 spiro atoms. The van der Waals surface area contributed by atoms with Crippen molar-refractivity contribution in [3.8, 4) is 0 Å². The molecule has 0 fully saturated rings. The Labute approximate surface area is 125 Å². The van der Waals surface area contributed by atoms with Crippen molar-refractivity contribution in [1.29, 1.82) is 0 Å². The summed E-state index contributed by atoms with van der Waals surface area (Å²) in [5, 5.41) is 3.94. The van der Waals surface area contributed by atoms with E-state index in [0.717, 1.165) is 11.1 Å². The van der Waals surface area contributed by atoms with E-state index < -0.39 is 0 Å². The third-order valence-electron chi connectivity index (χ3n) is 3.06. The van der Waals surface area contributed by atoms with Crippen LogP contribution in [0.3, 0.4) is 0 Å². The zero-order chi connectivity index (χ0) is 13.8. The number of nitrogens with one attached hydrogen (secondary N) is 1. The van der Waals surface area contributed by atoms with Crippen LogP contribution in [0, 0.1) is 5.82 Å². The van der Waals surface area contributed by atoms with E-state index in [4.69, 9.17) is 11.6 Å². The Morgan fingerprint density at radius 3 is 2.68 bits per heavy atom. The van der Waals surface area contributed by atoms with Gasteiger partial charge in [-0.05, 0) is 58.7 Å². The lowest BCUT2D eigenvalue weighted by Crippen LogP contribution is -2.19. The molecule has 1 atom stereocenters. The van der Waals surface area contributed by atoms with Crippen molar-refractivity contribution in [3.63, 3.8) is 0 Å². The number of rotatable bonds is 4. The monoisotopic (exact) mass is 341 g/mol. The van der Waals surface area contributed by atoms with Gasteiger partial charge in [-0.1, -0.05) is 35.9 Å². The van der Waals surface area contributed by atoms with Crippen molar-refractivity contribution in [2.24, 2.45) is 0 Å². The fourth-order valence-electron chi connectivity index (χ4n) is 2.04. The topological polar surface area (TPSA) is 12.0 Å². The standard InChI is InChI=1S/C15H14BrClFN/c1-19-14(10-4-2-6-12(17)8-10)9-11-5-3-7-13(18)15(11)16/h2-8,14,19H,9H2,1H3. The summed E-state index contributed by atoms with van der Waals surface area (Å²) in [6.07, 6.45) is 0.690. The maximum Gasteiger partial charge on any atom is 0.137 e. The van der Waals surface area contributed by atoms with Crippen LogP contribution in [-0.4, -0.2) is 7.05 Å². The zero-order valence-corrected chi connectivity index (χ0v) is 12.8. The number of hydrogen-bond donors (Lipinski definition) is 1. The molecule has 0 heterocycles. The van der Waals surface area contributed by atoms with Gasteiger partial charge >= 0.3 is 0 Å². The molecule has 1 N–H and O–H groups in total. The van der Waals surface area contributed by atoms with Gasteiger partial charge in [-0.25, -0.2) is 4.39 Å². The van der Waals surface area contributed by atoms with Gasteiger partial charge in [0.1, 0.15) is 5.82 Å². The van der Waals surface area contributed by atoms with Gasteiger partial charge < -0.3 is 5.32 Å². The molecule has 0 radical (unpaired) electrons. The third kappa shape index (κ3) is 3.56. The van der Waals surface area contributed by atoms with Crippen LogP contribution in [0.5, 0.6) is 0 Å². The van der Waals surface area contributed by atoms with Gasteiger partial charge in [0.2, 0.25) is 0 Å². The van der Waals surface area contributed by atoms with Gasteiger partial charge in [0.15, 0.2) is 0 Å². The van der Waals surface area contributed by atoms with Crippen LogP contribution >= 0.6 is 27.5 Å². The summed E-state index contributed by atoms with van der Waals surface area (Å²) in [4.78, 5) is 0. The second kappa shape index (κ2) is 6.51. The molecule has 0 amide bonds. The highest BCUT2D eigenvalue weighted by molar-refractivity contribution is 9.10. The molecular weight excluding hydrogens is 329 g/mol. The molecule has 0 bridgehead atoms. The van der Waals surface area contributed by atoms with Crippen LogP contribution in [-0.2, 0) is 6.42 Å². The largest absolute Gasteiger partial charge is 0.313 e. The molecule has 1 unspecified atom stereocenters. The Morgan fingerprint density at radius 2 is 2.00 bits per heavy atom. The van der Waals surface area contributed by atoms with Crippen molar-refractivity contribution < 1.29 is 4.39 Å². The molecule has 0 aliphatic carbocycles. The van der Waals surface area contributed by atoms with Gasteiger partial charge in [0, 0.05) is 11.1 Å². The second-order valence-electron chi connectivity index (χ2n) is 4.31. The first-order chi connectivity index (χ1) is 9.11. The van der Waals surface area contributed by atoms with Crippen LogP contribution in [0.2, 0.25) is 5.02 Å². The van der Waals surface area contributed by atoms with E-state index in [2.05, 4.69) is 21.2 Å². The first-order valence-electron chi connectivity index (χ1n) is 5.97. The van der Waals surface area contributed by atoms with Crippen molar-refractivity contribution >= 4 is 27.5 Å². The van der Waals surface area contributed by atoms with Crippen molar-refractivity contribution in [1.82, 2.24) is 5.32 Å². The first-order valence-corrected chi connectivity index (χ1v) is 7.14. The third-order valence-corrected chi connectivity index (χ3v) is 4.18. The van der Waals surface area contributed by atoms with E-state index in [1.165, 1.54) is 6.07 Å². The minimum atomic E-state index is -0.238. The average molecular weight is 343 g/mol. The minimum absolute atomic E-state index is 0.0943. The predicted molar refractivity (Wildman–Crippen MR) is 81.1 cm³/mol. The smallest absolute Gasteiger partial charge is 0.137 e. The number of benzene rings is 2. The summed E-state index contributed by atoms with van der Waals surface area (Å²) in [6, 6.07) is 12.9. The van der Waals surface area contributed by atoms with Crippen molar-refractivity contribution in [2.45, 2.75) is 12.5 Å². The van der Waals surface area contributed by atoms with E-state index in [1.807, 2.05) is 37.4 Å². The highest BCUT2D eigenvalue weighted by atomic mass is 79.9. The van der Waals surface area contributed by atoms with E-state index in [0.29, 0.717) is 15.9 Å². The Bertz CT molecular complexity index is 574. The number of likely N-dealkylation sites (N-methyl/N-ethyl adjacent to an activating group) is 1. The van der Waals surface area contributed by atoms with Crippen LogP contribution < -0.4 is 5.32 Å². The molecular formula is C15H14BrClFN. The molecule has 2 aromatic carbocycles. The van der Waals surface area contributed by atoms with E-state index in [9.17, 15) is 4.39 Å². The van der Waals surface area contributed by atoms with E-state index in [-0.39, 0.29) is 11.9 Å². The van der Waals surface area contributed by atoms with Gasteiger partial charge in [0.25, 0.3) is 0 Å². The summed E-state index contributed by atoms with van der Waals surface area (Å²) in [5.74, 6) is -0.238. The van der Waals surface area contributed by atoms with Crippen LogP contribution in [0.4, 0.5) is 4.39 Å². The maximum atomic E-state index is 13.5. The molecule has 0 aliphatic heterocycles. The molecule has 0 saturated heterocycles. The van der Waals surface area contributed by atoms with Gasteiger partial charge in [0.05, 0.1) is 4.47 Å². The summed E-state index contributed by atoms with van der Waals surface area (Å²) in [6.45, 7) is 0. The van der Waals surface area contributed by atoms with Gasteiger partial charge in [-0.15, -0.1) is 0 Å². The lowest BCUT2D eigenvalue weighted by molar-refractivity contribution is 0.580. The van der Waals surface area contributed by atoms with Crippen molar-refractivity contribution in [2.75, 3.05) is 7.05 Å². The van der Waals surface area contributed by atoms with Crippen LogP contribution in [0.1, 0.15) is 17.2 Å². The lowest BCUT2D eigenvalue weighted by Gasteiger charge is -2.18. The lowest BCUT2D eigenvalue weighted by atomic mass is 9.99. The molecule has 0 aromatic heterocycles. The van der Waals surface area contributed by atoms with Gasteiger partial charge in [-0.3, -0.25) is 0 Å². The molecule has 0 saturated carbocycles. The maximum absolute atomic E-state index is 13.5. The molecule has 2 rings (SSSR count). The highest BCUT2D eigenvalue weighted by Gasteiger charge is 2.13. The molecule has 19 heavy (non-hydrogen) atoms. The Balaban J connectivity index is 2.26. The number of hydrogen-bond acceptors (Lipinski definition) is 1. The fraction of sp³-hybridized carbons (Fsp3) is 0.200. The highest BCUT2D eigenvalue weighted by Crippen LogP contribution is 2.26. The Morgan fingerprint density at radius 1 is 1.26 bits per heavy atom. The van der Waals surface area contributed by atoms with Crippen LogP contribution in [0.25, 0.3) is 0 Å². The zero-order valence-electron chi connectivity index (χ0n) is 10.5. The Kier molecular flexibility index (Phi) is 4.97. The predicted octanol–water partition coefficient (Wildman–Crippen LogP) is 4.74. The quantitative estimate of drug-likeness (QED) is 0.846. The van der Waals surface area contributed by atoms with Crippen LogP contribution in [0.15, 0.2) is 46.9 Å². The van der Waals surface area contributed by atoms with Gasteiger partial charge in [-0.2, -0.15) is 0 Å². The SMILES string of the molecule is CNC(Cc1cccc(F)c1Br)c1cccc(Cl)c1. The summed E-state index contributed by atoms with van der Waals surface area (Å²) < 4.78 is 14.0. The summed E-state index contributed by atoms with van der Waals surface area (Å²) in [5.41, 5.74) is 2.02. The van der Waals surface area contributed by atoms with E-state index in [1.54, 1.807) is 6.07 Å². The Hall–Kier alpha value is -0.900. The molecule has 100 valence electrons. The minimum Gasteiger partial charge on any atom is -0.313 e. The molecule has 0 aliphatic rings. The fourth-order valence-corrected chi connectivity index (χ4v) is 2.66. The second-order valence-corrected chi connectivity index (χ2v) is 5.54. The average Bonchev–Trinajstić information content (AvgIpc) is 2.40. The number of halogens is 3. The molecule has 1 nitrogen and oxygen atoms in total. The summed E-state index contributed by atoms with van der Waals surface area (Å²) in [7, 11) is 1.89. The molecule has 4 heteroatoms. The summed E-state index contributed by atoms with van der Waals surface area (Å²) >= 11 is 9.30. The van der Waals surface area contributed by atoms with E-state index >= 15 is 0 Å². The first kappa shape index (κ1) is 14.5. The molecule has 2 aromatic rings. The normalized spacial score (nSPS) is 12.4.